The fourth-order valence-corrected chi connectivity index (χ4v) is 7.90. The monoisotopic (exact) mass is 336 g/mol. The molecular weight excluding hydrogens is 303 g/mol. The van der Waals surface area contributed by atoms with Crippen LogP contribution in [0.25, 0.3) is 0 Å². The second kappa shape index (κ2) is 5.53. The number of alkyl halides is 1. The Morgan fingerprint density at radius 1 is 1.04 bits per heavy atom. The zero-order valence-corrected chi connectivity index (χ0v) is 15.4. The first-order valence-corrected chi connectivity index (χ1v) is 10.1. The van der Waals surface area contributed by atoms with Gasteiger partial charge in [0.2, 0.25) is 0 Å². The van der Waals surface area contributed by atoms with Gasteiger partial charge in [-0.1, -0.05) is 13.8 Å². The van der Waals surface area contributed by atoms with Crippen molar-refractivity contribution in [3.05, 3.63) is 0 Å². The molecule has 2 nitrogen and oxygen atoms in total. The molecule has 0 spiro atoms. The summed E-state index contributed by atoms with van der Waals surface area (Å²) in [5.41, 5.74) is 0.233. The van der Waals surface area contributed by atoms with Crippen LogP contribution in [0.15, 0.2) is 0 Å². The fourth-order valence-electron chi connectivity index (χ4n) is 7.90. The Hall–Kier alpha value is -0.440. The molecule has 0 bridgehead atoms. The summed E-state index contributed by atoms with van der Waals surface area (Å²) in [6.45, 7) is 6.45. The molecule has 4 aliphatic carbocycles. The van der Waals surface area contributed by atoms with Crippen LogP contribution in [0.4, 0.5) is 4.39 Å². The summed E-state index contributed by atoms with van der Waals surface area (Å²) >= 11 is 0. The van der Waals surface area contributed by atoms with Gasteiger partial charge in [-0.05, 0) is 92.8 Å². The minimum atomic E-state index is -1.05. The average molecular weight is 336 g/mol. The topological polar surface area (TPSA) is 37.3 Å². The Bertz CT molecular complexity index is 534. The Morgan fingerprint density at radius 3 is 2.46 bits per heavy atom. The van der Waals surface area contributed by atoms with Crippen LogP contribution in [-0.4, -0.2) is 23.2 Å². The van der Waals surface area contributed by atoms with Crippen LogP contribution < -0.4 is 0 Å². The summed E-state index contributed by atoms with van der Waals surface area (Å²) in [4.78, 5) is 12.2. The number of carbonyl (C=O) groups is 1. The number of carbonyl (C=O) groups excluding carboxylic acids is 1. The third-order valence-electron chi connectivity index (χ3n) is 9.13. The highest BCUT2D eigenvalue weighted by atomic mass is 19.1. The predicted octanol–water partition coefficient (Wildman–Crippen LogP) is 4.54. The van der Waals surface area contributed by atoms with Gasteiger partial charge in [0.15, 0.2) is 0 Å². The zero-order valence-electron chi connectivity index (χ0n) is 15.4. The molecule has 9 atom stereocenters. The number of hydrogen-bond donors (Lipinski definition) is 1. The van der Waals surface area contributed by atoms with E-state index in [0.29, 0.717) is 42.3 Å². The molecule has 4 saturated carbocycles. The quantitative estimate of drug-likeness (QED) is 0.763. The summed E-state index contributed by atoms with van der Waals surface area (Å²) in [5.74, 6) is 3.00. The van der Waals surface area contributed by atoms with Gasteiger partial charge in [0.05, 0.1) is 6.10 Å². The maximum atomic E-state index is 14.4. The molecule has 0 aromatic rings. The van der Waals surface area contributed by atoms with Crippen LogP contribution in [-0.2, 0) is 4.79 Å². The maximum absolute atomic E-state index is 14.4. The lowest BCUT2D eigenvalue weighted by Crippen LogP contribution is -2.56. The van der Waals surface area contributed by atoms with Crippen molar-refractivity contribution in [3.8, 4) is 0 Å². The molecule has 0 radical (unpaired) electrons. The Kier molecular flexibility index (Phi) is 3.91. The third kappa shape index (κ3) is 2.19. The number of ketones is 1. The first kappa shape index (κ1) is 17.0. The van der Waals surface area contributed by atoms with E-state index in [4.69, 9.17) is 0 Å². The maximum Gasteiger partial charge on any atom is 0.133 e. The van der Waals surface area contributed by atoms with E-state index in [0.717, 1.165) is 25.7 Å². The number of halogens is 1. The molecule has 0 aliphatic heterocycles. The molecule has 0 saturated heterocycles. The molecule has 0 unspecified atom stereocenters. The molecular formula is C21H33FO2. The Balaban J connectivity index is 1.62. The first-order chi connectivity index (χ1) is 11.3. The van der Waals surface area contributed by atoms with Crippen molar-refractivity contribution < 1.29 is 14.3 Å². The van der Waals surface area contributed by atoms with Gasteiger partial charge in [-0.3, -0.25) is 4.79 Å². The van der Waals surface area contributed by atoms with Gasteiger partial charge >= 0.3 is 0 Å². The summed E-state index contributed by atoms with van der Waals surface area (Å²) in [6, 6.07) is 0. The molecule has 3 heteroatoms. The van der Waals surface area contributed by atoms with E-state index < -0.39 is 12.3 Å². The largest absolute Gasteiger partial charge is 0.390 e. The molecule has 1 N–H and O–H groups in total. The number of hydrogen-bond acceptors (Lipinski definition) is 2. The van der Waals surface area contributed by atoms with Crippen molar-refractivity contribution in [3.63, 3.8) is 0 Å². The van der Waals surface area contributed by atoms with Crippen molar-refractivity contribution in [2.24, 2.45) is 40.4 Å². The van der Waals surface area contributed by atoms with E-state index in [-0.39, 0.29) is 16.7 Å². The van der Waals surface area contributed by atoms with E-state index >= 15 is 0 Å². The standard InChI is InChI=1S/C21H33FO2/c1-12(23)15-6-7-16-14-5-4-13-10-19(24)18(22)11-21(13,3)17(14)8-9-20(15,16)2/h13-19,24H,4-11H2,1-3H3/t13-,14-,15+,16-,17-,18-,19-,20+,21-/m0/s1. The van der Waals surface area contributed by atoms with Crippen LogP contribution in [0.5, 0.6) is 0 Å². The number of aliphatic hydroxyl groups is 1. The van der Waals surface area contributed by atoms with E-state index in [1.54, 1.807) is 6.92 Å². The highest BCUT2D eigenvalue weighted by Gasteiger charge is 2.61. The third-order valence-corrected chi connectivity index (χ3v) is 9.13. The van der Waals surface area contributed by atoms with Crippen LogP contribution in [0, 0.1) is 40.4 Å². The van der Waals surface area contributed by atoms with Crippen molar-refractivity contribution in [1.29, 1.82) is 0 Å². The molecule has 4 rings (SSSR count). The van der Waals surface area contributed by atoms with Gasteiger partial charge in [-0.25, -0.2) is 4.39 Å². The highest BCUT2D eigenvalue weighted by Crippen LogP contribution is 2.67. The second-order valence-electron chi connectivity index (χ2n) is 9.97. The molecule has 4 fully saturated rings. The fraction of sp³-hybridized carbons (Fsp3) is 0.952. The summed E-state index contributed by atoms with van der Waals surface area (Å²) in [7, 11) is 0. The van der Waals surface area contributed by atoms with Gasteiger partial charge < -0.3 is 5.11 Å². The van der Waals surface area contributed by atoms with Gasteiger partial charge in [-0.2, -0.15) is 0 Å². The lowest BCUT2D eigenvalue weighted by Gasteiger charge is -2.61. The molecule has 0 amide bonds. The highest BCUT2D eigenvalue weighted by molar-refractivity contribution is 5.79. The Morgan fingerprint density at radius 2 is 1.75 bits per heavy atom. The van der Waals surface area contributed by atoms with Crippen LogP contribution in [0.3, 0.4) is 0 Å². The van der Waals surface area contributed by atoms with Crippen molar-refractivity contribution in [2.45, 2.75) is 84.4 Å². The van der Waals surface area contributed by atoms with Crippen LogP contribution in [0.1, 0.15) is 72.1 Å². The van der Waals surface area contributed by atoms with E-state index in [1.807, 2.05) is 0 Å². The molecule has 4 aliphatic rings. The smallest absolute Gasteiger partial charge is 0.133 e. The minimum Gasteiger partial charge on any atom is -0.390 e. The van der Waals surface area contributed by atoms with Crippen molar-refractivity contribution in [2.75, 3.05) is 0 Å². The summed E-state index contributed by atoms with van der Waals surface area (Å²) in [5, 5.41) is 10.0. The minimum absolute atomic E-state index is 0.0528. The van der Waals surface area contributed by atoms with Crippen LogP contribution >= 0.6 is 0 Å². The Labute approximate surface area is 145 Å². The lowest BCUT2D eigenvalue weighted by molar-refractivity contribution is -0.149. The second-order valence-corrected chi connectivity index (χ2v) is 9.97. The van der Waals surface area contributed by atoms with Gasteiger partial charge in [0, 0.05) is 5.92 Å². The molecule has 0 aromatic heterocycles. The van der Waals surface area contributed by atoms with Gasteiger partial charge in [-0.15, -0.1) is 0 Å². The molecule has 0 heterocycles. The normalized spacial score (nSPS) is 57.0. The SMILES string of the molecule is CC(=O)[C@H]1CC[C@H]2[C@@H]3CC[C@H]4C[C@H](O)[C@@H](F)C[C@]4(C)[C@H]3CC[C@]12C. The van der Waals surface area contributed by atoms with E-state index in [9.17, 15) is 14.3 Å². The average Bonchev–Trinajstić information content (AvgIpc) is 2.86. The lowest BCUT2D eigenvalue weighted by atomic mass is 9.44. The molecule has 24 heavy (non-hydrogen) atoms. The number of fused-ring (bicyclic) bond motifs is 5. The van der Waals surface area contributed by atoms with Gasteiger partial charge in [0.25, 0.3) is 0 Å². The van der Waals surface area contributed by atoms with Gasteiger partial charge in [0.1, 0.15) is 12.0 Å². The molecule has 0 aromatic carbocycles. The zero-order chi connectivity index (χ0) is 17.3. The summed E-state index contributed by atoms with van der Waals surface area (Å²) in [6.07, 6.45) is 6.28. The van der Waals surface area contributed by atoms with Crippen molar-refractivity contribution >= 4 is 5.78 Å². The van der Waals surface area contributed by atoms with Crippen molar-refractivity contribution in [1.82, 2.24) is 0 Å². The summed E-state index contributed by atoms with van der Waals surface area (Å²) < 4.78 is 14.4. The number of aliphatic hydroxyl groups excluding tert-OH is 1. The van der Waals surface area contributed by atoms with E-state index in [2.05, 4.69) is 13.8 Å². The molecule has 136 valence electrons. The predicted molar refractivity (Wildman–Crippen MR) is 92.2 cm³/mol. The van der Waals surface area contributed by atoms with Crippen LogP contribution in [0.2, 0.25) is 0 Å². The van der Waals surface area contributed by atoms with E-state index in [1.165, 1.54) is 12.8 Å². The number of Topliss-reactive ketones (excluding diaryl/α,β-unsaturated/α-hetero) is 1. The number of rotatable bonds is 1. The first-order valence-electron chi connectivity index (χ1n) is 10.1.